The van der Waals surface area contributed by atoms with E-state index in [4.69, 9.17) is 0 Å². The molecule has 0 aliphatic carbocycles. The molecule has 2 aliphatic heterocycles. The van der Waals surface area contributed by atoms with E-state index in [0.29, 0.717) is 5.84 Å². The minimum atomic E-state index is 0.644. The summed E-state index contributed by atoms with van der Waals surface area (Å²) in [6, 6.07) is 0. The van der Waals surface area contributed by atoms with Gasteiger partial charge in [0.15, 0.2) is 6.21 Å². The molecule has 10 heavy (non-hydrogen) atoms. The second kappa shape index (κ2) is 1.94. The van der Waals surface area contributed by atoms with E-state index in [0.717, 1.165) is 0 Å². The SMILES string of the molecule is C1=C[N+](=C2C=NN=N2)N=C1. The van der Waals surface area contributed by atoms with Crippen molar-refractivity contribution in [3.8, 4) is 0 Å². The molecule has 0 unspecified atom stereocenters. The predicted molar refractivity (Wildman–Crippen MR) is 36.2 cm³/mol. The Bertz CT molecular complexity index is 235. The summed E-state index contributed by atoms with van der Waals surface area (Å²) in [5, 5.41) is 14.6. The van der Waals surface area contributed by atoms with Gasteiger partial charge in [0, 0.05) is 6.08 Å². The van der Waals surface area contributed by atoms with E-state index in [1.165, 1.54) is 0 Å². The Balaban J connectivity index is 2.46. The number of amidine groups is 1. The van der Waals surface area contributed by atoms with Crippen LogP contribution in [0.5, 0.6) is 0 Å². The number of hydrogen-bond donors (Lipinski definition) is 0. The summed E-state index contributed by atoms with van der Waals surface area (Å²) in [6.07, 6.45) is 6.82. The quantitative estimate of drug-likeness (QED) is 0.429. The van der Waals surface area contributed by atoms with E-state index in [1.807, 2.05) is 6.08 Å². The first kappa shape index (κ1) is 5.16. The van der Waals surface area contributed by atoms with E-state index in [-0.39, 0.29) is 0 Å². The summed E-state index contributed by atoms with van der Waals surface area (Å²) in [5.74, 6) is 0.644. The van der Waals surface area contributed by atoms with Crippen molar-refractivity contribution in [1.82, 2.24) is 0 Å². The molecule has 2 heterocycles. The maximum absolute atomic E-state index is 3.93. The highest BCUT2D eigenvalue weighted by atomic mass is 15.5. The smallest absolute Gasteiger partial charge is 0.107 e. The van der Waals surface area contributed by atoms with Crippen molar-refractivity contribution >= 4 is 18.3 Å². The van der Waals surface area contributed by atoms with Crippen LogP contribution in [0.3, 0.4) is 0 Å². The van der Waals surface area contributed by atoms with E-state index in [1.54, 1.807) is 23.3 Å². The normalized spacial score (nSPS) is 27.2. The molecular weight excluding hydrogens is 130 g/mol. The van der Waals surface area contributed by atoms with Crippen molar-refractivity contribution in [3.63, 3.8) is 0 Å². The lowest BCUT2D eigenvalue weighted by Gasteiger charge is -1.80. The van der Waals surface area contributed by atoms with Crippen molar-refractivity contribution in [2.24, 2.45) is 20.5 Å². The molecule has 0 fully saturated rings. The summed E-state index contributed by atoms with van der Waals surface area (Å²) >= 11 is 0. The zero-order valence-electron chi connectivity index (χ0n) is 5.05. The molecule has 0 spiro atoms. The summed E-state index contributed by atoms with van der Waals surface area (Å²) in [4.78, 5) is 0. The zero-order valence-corrected chi connectivity index (χ0v) is 5.05. The Morgan fingerprint density at radius 3 is 3.00 bits per heavy atom. The highest BCUT2D eigenvalue weighted by Crippen LogP contribution is 1.95. The molecule has 0 saturated heterocycles. The van der Waals surface area contributed by atoms with Gasteiger partial charge in [-0.05, 0) is 0 Å². The first-order valence-electron chi connectivity index (χ1n) is 2.78. The van der Waals surface area contributed by atoms with Crippen LogP contribution >= 0.6 is 0 Å². The van der Waals surface area contributed by atoms with Gasteiger partial charge in [0.05, 0.1) is 11.4 Å². The largest absolute Gasteiger partial charge is 0.397 e. The van der Waals surface area contributed by atoms with E-state index in [2.05, 4.69) is 20.5 Å². The maximum Gasteiger partial charge on any atom is 0.397 e. The van der Waals surface area contributed by atoms with Gasteiger partial charge in [-0.2, -0.15) is 0 Å². The Hall–Kier alpha value is -1.65. The van der Waals surface area contributed by atoms with Crippen LogP contribution in [0.2, 0.25) is 0 Å². The topological polar surface area (TPSA) is 52.4 Å². The molecule has 0 aromatic carbocycles. The van der Waals surface area contributed by atoms with Gasteiger partial charge in [0.2, 0.25) is 0 Å². The molecular formula is C5H4N5+. The molecule has 2 aliphatic rings. The zero-order chi connectivity index (χ0) is 6.81. The molecule has 5 nitrogen and oxygen atoms in total. The van der Waals surface area contributed by atoms with Crippen LogP contribution in [0, 0.1) is 0 Å². The summed E-state index contributed by atoms with van der Waals surface area (Å²) in [6.45, 7) is 0. The fourth-order valence-electron chi connectivity index (χ4n) is 0.684. The molecule has 0 atom stereocenters. The molecule has 0 N–H and O–H groups in total. The van der Waals surface area contributed by atoms with Crippen molar-refractivity contribution in [1.29, 1.82) is 0 Å². The highest BCUT2D eigenvalue weighted by molar-refractivity contribution is 6.28. The third kappa shape index (κ3) is 0.680. The number of hydrazone groups is 1. The third-order valence-corrected chi connectivity index (χ3v) is 1.11. The first-order chi connectivity index (χ1) is 4.97. The minimum Gasteiger partial charge on any atom is -0.107 e. The van der Waals surface area contributed by atoms with Crippen LogP contribution in [0.1, 0.15) is 0 Å². The lowest BCUT2D eigenvalue weighted by atomic mass is 10.6. The average molecular weight is 134 g/mol. The third-order valence-electron chi connectivity index (χ3n) is 1.11. The van der Waals surface area contributed by atoms with Crippen LogP contribution in [-0.4, -0.2) is 22.9 Å². The number of allylic oxidation sites excluding steroid dienone is 1. The van der Waals surface area contributed by atoms with Crippen LogP contribution < -0.4 is 0 Å². The summed E-state index contributed by atoms with van der Waals surface area (Å²) in [7, 11) is 0. The molecule has 2 rings (SSSR count). The molecule has 5 heteroatoms. The first-order valence-corrected chi connectivity index (χ1v) is 2.78. The fourth-order valence-corrected chi connectivity index (χ4v) is 0.684. The Morgan fingerprint density at radius 2 is 2.40 bits per heavy atom. The van der Waals surface area contributed by atoms with E-state index in [9.17, 15) is 0 Å². The summed E-state index contributed by atoms with van der Waals surface area (Å²) in [5.41, 5.74) is 0. The molecule has 0 bridgehead atoms. The molecule has 0 aromatic heterocycles. The van der Waals surface area contributed by atoms with Gasteiger partial charge < -0.3 is 0 Å². The standard InChI is InChI=1S/C5H4N5/c1-2-7-10(3-1)5-4-6-9-8-5/h1-4H/q+1. The van der Waals surface area contributed by atoms with Gasteiger partial charge in [0.1, 0.15) is 11.3 Å². The van der Waals surface area contributed by atoms with Gasteiger partial charge >= 0.3 is 5.84 Å². The Morgan fingerprint density at radius 1 is 1.40 bits per heavy atom. The predicted octanol–water partition coefficient (Wildman–Crippen LogP) is 0.362. The molecule has 0 aromatic rings. The van der Waals surface area contributed by atoms with Crippen molar-refractivity contribution in [2.75, 3.05) is 0 Å². The summed E-state index contributed by atoms with van der Waals surface area (Å²) < 4.78 is 1.60. The Labute approximate surface area is 56.8 Å². The van der Waals surface area contributed by atoms with Crippen molar-refractivity contribution < 1.29 is 4.68 Å². The number of nitrogens with zero attached hydrogens (tertiary/aromatic N) is 5. The second-order valence-electron chi connectivity index (χ2n) is 1.74. The van der Waals surface area contributed by atoms with Gasteiger partial charge in [-0.3, -0.25) is 0 Å². The Kier molecular flexibility index (Phi) is 1.00. The number of hydrogen-bond acceptors (Lipinski definition) is 3. The van der Waals surface area contributed by atoms with Crippen molar-refractivity contribution in [2.45, 2.75) is 0 Å². The van der Waals surface area contributed by atoms with Crippen LogP contribution in [0.25, 0.3) is 0 Å². The molecule has 0 radical (unpaired) electrons. The van der Waals surface area contributed by atoms with Gasteiger partial charge in [-0.1, -0.05) is 9.79 Å². The average Bonchev–Trinajstić information content (AvgIpc) is 2.59. The van der Waals surface area contributed by atoms with Crippen LogP contribution in [0.15, 0.2) is 32.8 Å². The monoisotopic (exact) mass is 134 g/mol. The fraction of sp³-hybridized carbons (Fsp3) is 0. The highest BCUT2D eigenvalue weighted by Gasteiger charge is 2.15. The van der Waals surface area contributed by atoms with E-state index < -0.39 is 0 Å². The molecule has 48 valence electrons. The second-order valence-corrected chi connectivity index (χ2v) is 1.74. The van der Waals surface area contributed by atoms with Crippen LogP contribution in [0.4, 0.5) is 0 Å². The van der Waals surface area contributed by atoms with Crippen molar-refractivity contribution in [3.05, 3.63) is 12.3 Å². The van der Waals surface area contributed by atoms with Gasteiger partial charge in [-0.25, -0.2) is 0 Å². The maximum atomic E-state index is 3.93. The van der Waals surface area contributed by atoms with E-state index >= 15 is 0 Å². The lowest BCUT2D eigenvalue weighted by Crippen LogP contribution is -2.05. The molecule has 0 amide bonds. The minimum absolute atomic E-state index is 0.644. The van der Waals surface area contributed by atoms with Gasteiger partial charge in [0.25, 0.3) is 0 Å². The van der Waals surface area contributed by atoms with Crippen LogP contribution in [-0.2, 0) is 0 Å². The lowest BCUT2D eigenvalue weighted by molar-refractivity contribution is -0.456. The van der Waals surface area contributed by atoms with Gasteiger partial charge in [-0.15, -0.1) is 5.10 Å². The number of rotatable bonds is 0. The molecule has 0 saturated carbocycles.